The number of sulfonamides is 1. The van der Waals surface area contributed by atoms with E-state index in [9.17, 15) is 22.8 Å². The molecule has 1 aliphatic carbocycles. The number of amides is 3. The number of carbonyl (C=O) groups is 3. The van der Waals surface area contributed by atoms with Crippen LogP contribution in [-0.2, 0) is 24.4 Å². The van der Waals surface area contributed by atoms with Gasteiger partial charge in [-0.3, -0.25) is 19.1 Å². The van der Waals surface area contributed by atoms with Crippen molar-refractivity contribution in [3.05, 3.63) is 12.2 Å². The molecular weight excluding hydrogens is 533 g/mol. The van der Waals surface area contributed by atoms with Gasteiger partial charge in [-0.2, -0.15) is 0 Å². The highest BCUT2D eigenvalue weighted by molar-refractivity contribution is 14.1. The molecule has 0 bridgehead atoms. The van der Waals surface area contributed by atoms with Crippen molar-refractivity contribution >= 4 is 50.3 Å². The lowest BCUT2D eigenvalue weighted by atomic mass is 9.99. The Balaban J connectivity index is 1.86. The summed E-state index contributed by atoms with van der Waals surface area (Å²) in [4.78, 5) is 40.6. The fourth-order valence-corrected chi connectivity index (χ4v) is 6.25. The minimum absolute atomic E-state index is 0.0292. The van der Waals surface area contributed by atoms with E-state index >= 15 is 0 Å². The highest BCUT2D eigenvalue weighted by atomic mass is 127. The van der Waals surface area contributed by atoms with E-state index in [4.69, 9.17) is 0 Å². The van der Waals surface area contributed by atoms with Crippen molar-refractivity contribution in [2.45, 2.75) is 86.0 Å². The van der Waals surface area contributed by atoms with E-state index in [1.807, 2.05) is 34.7 Å². The topological polar surface area (TPSA) is 113 Å². The average molecular weight is 565 g/mol. The van der Waals surface area contributed by atoms with Gasteiger partial charge in [0.1, 0.15) is 6.04 Å². The third-order valence-electron chi connectivity index (χ3n) is 6.27. The molecule has 0 aromatic carbocycles. The third kappa shape index (κ3) is 6.00. The Kier molecular flexibility index (Phi) is 8.04. The summed E-state index contributed by atoms with van der Waals surface area (Å²) in [6.07, 6.45) is 11.2. The molecule has 2 aliphatic heterocycles. The van der Waals surface area contributed by atoms with Crippen LogP contribution >= 0.6 is 22.6 Å². The van der Waals surface area contributed by atoms with Gasteiger partial charge in [0.2, 0.25) is 21.8 Å². The van der Waals surface area contributed by atoms with Gasteiger partial charge in [0.05, 0.1) is 5.25 Å². The zero-order valence-corrected chi connectivity index (χ0v) is 20.9. The van der Waals surface area contributed by atoms with Crippen LogP contribution in [0.2, 0.25) is 0 Å². The summed E-state index contributed by atoms with van der Waals surface area (Å²) in [6.45, 7) is 2.32. The molecule has 8 nitrogen and oxygen atoms in total. The van der Waals surface area contributed by atoms with Crippen molar-refractivity contribution < 1.29 is 22.8 Å². The summed E-state index contributed by atoms with van der Waals surface area (Å²) < 4.78 is 25.5. The van der Waals surface area contributed by atoms with Gasteiger partial charge in [0, 0.05) is 18.9 Å². The van der Waals surface area contributed by atoms with E-state index in [0.717, 1.165) is 38.5 Å². The van der Waals surface area contributed by atoms with E-state index in [0.29, 0.717) is 32.2 Å². The minimum Gasteiger partial charge on any atom is -0.331 e. The van der Waals surface area contributed by atoms with Crippen LogP contribution in [0, 0.1) is 5.92 Å². The zero-order chi connectivity index (χ0) is 22.6. The normalized spacial score (nSPS) is 32.4. The molecule has 2 N–H and O–H groups in total. The lowest BCUT2D eigenvalue weighted by Gasteiger charge is -2.34. The second-order valence-electron chi connectivity index (χ2n) is 8.79. The van der Waals surface area contributed by atoms with Gasteiger partial charge in [-0.25, -0.2) is 8.42 Å². The molecule has 3 amide bonds. The van der Waals surface area contributed by atoms with Crippen LogP contribution in [0.4, 0.5) is 0 Å². The molecule has 1 saturated heterocycles. The predicted molar refractivity (Wildman–Crippen MR) is 126 cm³/mol. The van der Waals surface area contributed by atoms with Crippen LogP contribution in [0.5, 0.6) is 0 Å². The molecular formula is C21H32IN3O5S. The van der Waals surface area contributed by atoms with Crippen LogP contribution < -0.4 is 10.0 Å². The molecule has 2 heterocycles. The standard InChI is InChI=1S/C21H32IN3O5S/c1-15-9-6-4-2-3-5-7-11-18(26)25-14-8-10-17(25)19(27)23-21(15,22)20(28)24-31(29,30)16-12-13-16/h6,9,15-17H,2-5,7-8,10-14H2,1H3,(H,23,27)(H,24,28)/b9-6-/t15-,17-,21+/m0/s1. The second-order valence-corrected chi connectivity index (χ2v) is 12.5. The maximum absolute atomic E-state index is 13.2. The highest BCUT2D eigenvalue weighted by Crippen LogP contribution is 2.32. The second kappa shape index (κ2) is 10.2. The summed E-state index contributed by atoms with van der Waals surface area (Å²) in [7, 11) is -3.75. The average Bonchev–Trinajstić information content (AvgIpc) is 3.46. The largest absolute Gasteiger partial charge is 0.331 e. The van der Waals surface area contributed by atoms with Crippen molar-refractivity contribution in [3.63, 3.8) is 0 Å². The molecule has 3 rings (SSSR count). The molecule has 0 aromatic rings. The molecule has 3 atom stereocenters. The van der Waals surface area contributed by atoms with Gasteiger partial charge >= 0.3 is 0 Å². The summed E-state index contributed by atoms with van der Waals surface area (Å²) in [5.41, 5.74) is 0. The number of rotatable bonds is 3. The number of alkyl halides is 1. The van der Waals surface area contributed by atoms with E-state index in [1.165, 1.54) is 0 Å². The van der Waals surface area contributed by atoms with Crippen molar-refractivity contribution in [2.75, 3.05) is 6.54 Å². The number of nitrogens with one attached hydrogen (secondary N) is 2. The number of carbonyl (C=O) groups excluding carboxylic acids is 3. The quantitative estimate of drug-likeness (QED) is 0.236. The SMILES string of the molecule is C[C@H]1/C=C\CCCCCCC(=O)N2CCC[C@H]2C(=O)N[C@@]1(I)C(=O)NS(=O)(=O)C1CC1. The minimum atomic E-state index is -3.75. The molecule has 31 heavy (non-hydrogen) atoms. The summed E-state index contributed by atoms with van der Waals surface area (Å²) >= 11 is 1.86. The molecule has 10 heteroatoms. The molecule has 0 spiro atoms. The fraction of sp³-hybridized carbons (Fsp3) is 0.762. The molecule has 0 unspecified atom stereocenters. The van der Waals surface area contributed by atoms with Gasteiger partial charge in [0.25, 0.3) is 5.91 Å². The Hall–Kier alpha value is -1.17. The van der Waals surface area contributed by atoms with Crippen LogP contribution in [0.25, 0.3) is 0 Å². The predicted octanol–water partition coefficient (Wildman–Crippen LogP) is 2.38. The van der Waals surface area contributed by atoms with Crippen molar-refractivity contribution in [2.24, 2.45) is 5.92 Å². The fourth-order valence-electron chi connectivity index (χ4n) is 4.11. The number of hydrogen-bond acceptors (Lipinski definition) is 5. The first-order valence-corrected chi connectivity index (χ1v) is 13.8. The van der Waals surface area contributed by atoms with Crippen LogP contribution in [0.1, 0.15) is 71.1 Å². The van der Waals surface area contributed by atoms with Gasteiger partial charge in [-0.1, -0.05) is 31.9 Å². The summed E-state index contributed by atoms with van der Waals surface area (Å²) in [5.74, 6) is -1.62. The number of hydrogen-bond donors (Lipinski definition) is 2. The molecule has 3 aliphatic rings. The first kappa shape index (κ1) is 24.5. The van der Waals surface area contributed by atoms with Gasteiger partial charge < -0.3 is 10.2 Å². The monoisotopic (exact) mass is 565 g/mol. The van der Waals surface area contributed by atoms with E-state index in [2.05, 4.69) is 10.0 Å². The first-order chi connectivity index (χ1) is 14.6. The van der Waals surface area contributed by atoms with Gasteiger partial charge in [0.15, 0.2) is 3.55 Å². The Labute approximate surface area is 198 Å². The first-order valence-electron chi connectivity index (χ1n) is 11.2. The Morgan fingerprint density at radius 2 is 1.87 bits per heavy atom. The smallest absolute Gasteiger partial charge is 0.270 e. The van der Waals surface area contributed by atoms with E-state index < -0.39 is 42.6 Å². The Bertz CT molecular complexity index is 842. The van der Waals surface area contributed by atoms with Gasteiger partial charge in [-0.15, -0.1) is 0 Å². The van der Waals surface area contributed by atoms with Crippen molar-refractivity contribution in [1.82, 2.24) is 14.9 Å². The maximum Gasteiger partial charge on any atom is 0.270 e. The lowest BCUT2D eigenvalue weighted by molar-refractivity contribution is -0.139. The van der Waals surface area contributed by atoms with Crippen LogP contribution in [0.3, 0.4) is 0 Å². The lowest BCUT2D eigenvalue weighted by Crippen LogP contribution is -2.62. The summed E-state index contributed by atoms with van der Waals surface area (Å²) in [6, 6.07) is -0.629. The third-order valence-corrected chi connectivity index (χ3v) is 9.83. The van der Waals surface area contributed by atoms with Crippen molar-refractivity contribution in [3.8, 4) is 0 Å². The molecule has 2 fully saturated rings. The van der Waals surface area contributed by atoms with Crippen LogP contribution in [0.15, 0.2) is 12.2 Å². The molecule has 174 valence electrons. The van der Waals surface area contributed by atoms with E-state index in [-0.39, 0.29) is 5.91 Å². The maximum atomic E-state index is 13.2. The van der Waals surface area contributed by atoms with E-state index in [1.54, 1.807) is 11.8 Å². The molecule has 0 radical (unpaired) electrons. The van der Waals surface area contributed by atoms with Gasteiger partial charge in [-0.05, 0) is 67.5 Å². The highest BCUT2D eigenvalue weighted by Gasteiger charge is 2.47. The van der Waals surface area contributed by atoms with Crippen molar-refractivity contribution in [1.29, 1.82) is 0 Å². The Morgan fingerprint density at radius 1 is 1.16 bits per heavy atom. The summed E-state index contributed by atoms with van der Waals surface area (Å²) in [5, 5.41) is 2.27. The molecule has 0 aromatic heterocycles. The Morgan fingerprint density at radius 3 is 2.58 bits per heavy atom. The van der Waals surface area contributed by atoms with Crippen LogP contribution in [-0.4, -0.2) is 52.4 Å². The molecule has 1 saturated carbocycles. The number of halogens is 1. The number of fused-ring (bicyclic) bond motifs is 1. The zero-order valence-electron chi connectivity index (χ0n) is 17.9. The number of allylic oxidation sites excluding steroid dienone is 1. The number of nitrogens with zero attached hydrogens (tertiary/aromatic N) is 1.